The lowest BCUT2D eigenvalue weighted by Gasteiger charge is -1.97. The molecule has 1 N–H and O–H groups in total. The Morgan fingerprint density at radius 1 is 1.38 bits per heavy atom. The predicted octanol–water partition coefficient (Wildman–Crippen LogP) is 2.71. The Morgan fingerprint density at radius 3 is 2.75 bits per heavy atom. The summed E-state index contributed by atoms with van der Waals surface area (Å²) in [4.78, 5) is 0. The van der Waals surface area contributed by atoms with E-state index in [-0.39, 0.29) is 0 Å². The standard InChI is InChI=1S/C12H12N2O2/c1-2-9-3-5-10(6-4-9)12-7-11(8-13-15)14-16-12/h3-8,15H,2H2,1H3/b13-8-. The zero-order valence-electron chi connectivity index (χ0n) is 8.92. The first-order valence-corrected chi connectivity index (χ1v) is 5.07. The number of nitrogens with zero attached hydrogens (tertiary/aromatic N) is 2. The molecule has 1 aromatic carbocycles. The molecule has 1 aromatic heterocycles. The number of hydrogen-bond acceptors (Lipinski definition) is 4. The van der Waals surface area contributed by atoms with Crippen LogP contribution in [-0.2, 0) is 6.42 Å². The van der Waals surface area contributed by atoms with Crippen LogP contribution in [0.5, 0.6) is 0 Å². The third-order valence-electron chi connectivity index (χ3n) is 2.37. The van der Waals surface area contributed by atoms with Gasteiger partial charge in [0.25, 0.3) is 0 Å². The zero-order valence-corrected chi connectivity index (χ0v) is 8.92. The number of aromatic nitrogens is 1. The smallest absolute Gasteiger partial charge is 0.167 e. The van der Waals surface area contributed by atoms with Gasteiger partial charge in [0, 0.05) is 11.6 Å². The largest absolute Gasteiger partial charge is 0.411 e. The van der Waals surface area contributed by atoms with Crippen molar-refractivity contribution in [2.24, 2.45) is 5.16 Å². The minimum atomic E-state index is 0.497. The van der Waals surface area contributed by atoms with E-state index in [2.05, 4.69) is 29.4 Å². The fourth-order valence-electron chi connectivity index (χ4n) is 1.45. The van der Waals surface area contributed by atoms with Crippen LogP contribution in [0.2, 0.25) is 0 Å². The predicted molar refractivity (Wildman–Crippen MR) is 60.7 cm³/mol. The van der Waals surface area contributed by atoms with Crippen LogP contribution >= 0.6 is 0 Å². The molecule has 2 aromatic rings. The average Bonchev–Trinajstić information content (AvgIpc) is 2.78. The molecule has 82 valence electrons. The lowest BCUT2D eigenvalue weighted by molar-refractivity contribution is 0.321. The molecule has 0 aliphatic heterocycles. The number of rotatable bonds is 3. The lowest BCUT2D eigenvalue weighted by atomic mass is 10.1. The molecule has 0 saturated heterocycles. The Hall–Kier alpha value is -2.10. The van der Waals surface area contributed by atoms with Crippen LogP contribution in [0.3, 0.4) is 0 Å². The summed E-state index contributed by atoms with van der Waals surface area (Å²) in [5, 5.41) is 15.0. The number of aryl methyl sites for hydroxylation is 1. The third kappa shape index (κ3) is 2.11. The molecule has 0 atom stereocenters. The van der Waals surface area contributed by atoms with Gasteiger partial charge in [-0.05, 0) is 12.0 Å². The van der Waals surface area contributed by atoms with Crippen LogP contribution in [0, 0.1) is 0 Å². The molecule has 4 heteroatoms. The van der Waals surface area contributed by atoms with Crippen molar-refractivity contribution in [3.8, 4) is 11.3 Å². The van der Waals surface area contributed by atoms with Gasteiger partial charge in [0.05, 0.1) is 6.21 Å². The highest BCUT2D eigenvalue weighted by atomic mass is 16.5. The van der Waals surface area contributed by atoms with Gasteiger partial charge in [0.1, 0.15) is 5.69 Å². The topological polar surface area (TPSA) is 58.6 Å². The molecule has 0 bridgehead atoms. The first-order chi connectivity index (χ1) is 7.83. The molecule has 0 unspecified atom stereocenters. The summed E-state index contributed by atoms with van der Waals surface area (Å²) in [7, 11) is 0. The molecule has 16 heavy (non-hydrogen) atoms. The average molecular weight is 216 g/mol. The highest BCUT2D eigenvalue weighted by molar-refractivity contribution is 5.78. The Labute approximate surface area is 93.2 Å². The first-order valence-electron chi connectivity index (χ1n) is 5.07. The Balaban J connectivity index is 2.27. The summed E-state index contributed by atoms with van der Waals surface area (Å²) in [6, 6.07) is 9.80. The maximum absolute atomic E-state index is 8.36. The highest BCUT2D eigenvalue weighted by Gasteiger charge is 2.04. The monoisotopic (exact) mass is 216 g/mol. The number of oxime groups is 1. The summed E-state index contributed by atoms with van der Waals surface area (Å²) in [6.07, 6.45) is 2.24. The molecule has 0 fully saturated rings. The maximum atomic E-state index is 8.36. The first kappa shape index (κ1) is 10.4. The summed E-state index contributed by atoms with van der Waals surface area (Å²) < 4.78 is 5.12. The summed E-state index contributed by atoms with van der Waals surface area (Å²) in [6.45, 7) is 2.11. The van der Waals surface area contributed by atoms with E-state index in [9.17, 15) is 0 Å². The van der Waals surface area contributed by atoms with Gasteiger partial charge < -0.3 is 9.73 Å². The maximum Gasteiger partial charge on any atom is 0.167 e. The summed E-state index contributed by atoms with van der Waals surface area (Å²) in [5.41, 5.74) is 2.74. The van der Waals surface area contributed by atoms with Gasteiger partial charge >= 0.3 is 0 Å². The molecule has 2 rings (SSSR count). The van der Waals surface area contributed by atoms with Gasteiger partial charge in [-0.2, -0.15) is 0 Å². The molecule has 1 heterocycles. The van der Waals surface area contributed by atoms with Gasteiger partial charge in [-0.1, -0.05) is 41.5 Å². The molecule has 0 radical (unpaired) electrons. The van der Waals surface area contributed by atoms with Crippen molar-refractivity contribution in [1.29, 1.82) is 0 Å². The molecular weight excluding hydrogens is 204 g/mol. The van der Waals surface area contributed by atoms with E-state index < -0.39 is 0 Å². The lowest BCUT2D eigenvalue weighted by Crippen LogP contribution is -1.79. The van der Waals surface area contributed by atoms with Crippen molar-refractivity contribution >= 4 is 6.21 Å². The van der Waals surface area contributed by atoms with Crippen molar-refractivity contribution in [3.05, 3.63) is 41.6 Å². The van der Waals surface area contributed by atoms with Crippen molar-refractivity contribution in [2.45, 2.75) is 13.3 Å². The van der Waals surface area contributed by atoms with E-state index in [0.29, 0.717) is 11.5 Å². The van der Waals surface area contributed by atoms with Gasteiger partial charge in [-0.3, -0.25) is 0 Å². The van der Waals surface area contributed by atoms with Crippen molar-refractivity contribution < 1.29 is 9.73 Å². The van der Waals surface area contributed by atoms with Crippen LogP contribution in [-0.4, -0.2) is 16.6 Å². The third-order valence-corrected chi connectivity index (χ3v) is 2.37. The normalized spacial score (nSPS) is 11.1. The van der Waals surface area contributed by atoms with E-state index in [1.165, 1.54) is 11.8 Å². The summed E-state index contributed by atoms with van der Waals surface area (Å²) in [5.74, 6) is 0.664. The summed E-state index contributed by atoms with van der Waals surface area (Å²) >= 11 is 0. The van der Waals surface area contributed by atoms with Crippen LogP contribution in [0.25, 0.3) is 11.3 Å². The van der Waals surface area contributed by atoms with Gasteiger partial charge in [0.15, 0.2) is 5.76 Å². The van der Waals surface area contributed by atoms with E-state index >= 15 is 0 Å². The second-order valence-corrected chi connectivity index (χ2v) is 3.41. The molecule has 0 spiro atoms. The Bertz CT molecular complexity index is 486. The van der Waals surface area contributed by atoms with E-state index in [4.69, 9.17) is 9.73 Å². The number of hydrogen-bond donors (Lipinski definition) is 1. The second kappa shape index (κ2) is 4.61. The van der Waals surface area contributed by atoms with Gasteiger partial charge in [0.2, 0.25) is 0 Å². The van der Waals surface area contributed by atoms with Crippen molar-refractivity contribution in [1.82, 2.24) is 5.16 Å². The van der Waals surface area contributed by atoms with Crippen LogP contribution in [0.15, 0.2) is 40.0 Å². The molecule has 0 saturated carbocycles. The minimum absolute atomic E-state index is 0.497. The molecular formula is C12H12N2O2. The second-order valence-electron chi connectivity index (χ2n) is 3.41. The Kier molecular flexibility index (Phi) is 3.00. The molecule has 0 aliphatic carbocycles. The number of benzene rings is 1. The van der Waals surface area contributed by atoms with Crippen LogP contribution in [0.4, 0.5) is 0 Å². The Morgan fingerprint density at radius 2 is 2.12 bits per heavy atom. The minimum Gasteiger partial charge on any atom is -0.411 e. The van der Waals surface area contributed by atoms with Crippen LogP contribution in [0.1, 0.15) is 18.2 Å². The highest BCUT2D eigenvalue weighted by Crippen LogP contribution is 2.20. The molecule has 0 amide bonds. The fraction of sp³-hybridized carbons (Fsp3) is 0.167. The van der Waals surface area contributed by atoms with E-state index in [0.717, 1.165) is 12.0 Å². The fourth-order valence-corrected chi connectivity index (χ4v) is 1.45. The molecule has 4 nitrogen and oxygen atoms in total. The van der Waals surface area contributed by atoms with Crippen molar-refractivity contribution in [3.63, 3.8) is 0 Å². The van der Waals surface area contributed by atoms with Gasteiger partial charge in [-0.25, -0.2) is 0 Å². The van der Waals surface area contributed by atoms with Gasteiger partial charge in [-0.15, -0.1) is 0 Å². The SMILES string of the molecule is CCc1ccc(-c2cc(/C=N\O)no2)cc1. The van der Waals surface area contributed by atoms with E-state index in [1.54, 1.807) is 6.07 Å². The molecule has 0 aliphatic rings. The van der Waals surface area contributed by atoms with E-state index in [1.807, 2.05) is 12.1 Å². The zero-order chi connectivity index (χ0) is 11.4. The van der Waals surface area contributed by atoms with Crippen LogP contribution < -0.4 is 0 Å². The quantitative estimate of drug-likeness (QED) is 0.487. The van der Waals surface area contributed by atoms with Crippen molar-refractivity contribution in [2.75, 3.05) is 0 Å².